The number of ketones is 1. The first kappa shape index (κ1) is 15.3. The van der Waals surface area contributed by atoms with Crippen molar-refractivity contribution in [3.05, 3.63) is 69.8 Å². The molecular weight excluding hydrogens is 286 g/mol. The van der Waals surface area contributed by atoms with E-state index in [4.69, 9.17) is 5.73 Å². The molecule has 0 radical (unpaired) electrons. The number of hydrogen-bond acceptors (Lipinski definition) is 5. The van der Waals surface area contributed by atoms with Gasteiger partial charge in [-0.25, -0.2) is 0 Å². The number of para-hydroxylation sites is 1. The predicted octanol–water partition coefficient (Wildman–Crippen LogP) is 1.99. The van der Waals surface area contributed by atoms with Crippen molar-refractivity contribution in [2.75, 3.05) is 11.9 Å². The van der Waals surface area contributed by atoms with E-state index < -0.39 is 10.8 Å². The lowest BCUT2D eigenvalue weighted by Crippen LogP contribution is -2.18. The lowest BCUT2D eigenvalue weighted by atomic mass is 10.1. The summed E-state index contributed by atoms with van der Waals surface area (Å²) in [6.45, 7) is -0.177. The fraction of sp³-hybridized carbons (Fsp3) is 0.0667. The van der Waals surface area contributed by atoms with E-state index in [-0.39, 0.29) is 23.6 Å². The van der Waals surface area contributed by atoms with Crippen LogP contribution < -0.4 is 11.1 Å². The Labute approximate surface area is 125 Å². The third kappa shape index (κ3) is 3.33. The van der Waals surface area contributed by atoms with Gasteiger partial charge in [-0.05, 0) is 18.2 Å². The third-order valence-corrected chi connectivity index (χ3v) is 2.98. The van der Waals surface area contributed by atoms with E-state index in [1.54, 1.807) is 24.3 Å². The van der Waals surface area contributed by atoms with Gasteiger partial charge in [0.2, 0.25) is 0 Å². The highest BCUT2D eigenvalue weighted by Gasteiger charge is 2.15. The van der Waals surface area contributed by atoms with Gasteiger partial charge in [0.05, 0.1) is 17.2 Å². The fourth-order valence-corrected chi connectivity index (χ4v) is 1.90. The first-order chi connectivity index (χ1) is 10.5. The SMILES string of the molecule is NCC(=O)c1ccccc1NC(=O)c1cccc([N+](=O)[O-])c1. The molecule has 0 aromatic heterocycles. The van der Waals surface area contributed by atoms with Crippen molar-refractivity contribution in [3.63, 3.8) is 0 Å². The van der Waals surface area contributed by atoms with Crippen LogP contribution in [0.3, 0.4) is 0 Å². The molecule has 0 fully saturated rings. The van der Waals surface area contributed by atoms with Crippen LogP contribution in [0, 0.1) is 10.1 Å². The summed E-state index contributed by atoms with van der Waals surface area (Å²) in [4.78, 5) is 34.1. The predicted molar refractivity (Wildman–Crippen MR) is 80.9 cm³/mol. The number of nitrogens with two attached hydrogens (primary N) is 1. The van der Waals surface area contributed by atoms with Gasteiger partial charge in [-0.15, -0.1) is 0 Å². The molecule has 7 nitrogen and oxygen atoms in total. The van der Waals surface area contributed by atoms with Gasteiger partial charge in [-0.2, -0.15) is 0 Å². The summed E-state index contributed by atoms with van der Waals surface area (Å²) >= 11 is 0. The Kier molecular flexibility index (Phi) is 4.60. The lowest BCUT2D eigenvalue weighted by molar-refractivity contribution is -0.384. The zero-order chi connectivity index (χ0) is 16.1. The quantitative estimate of drug-likeness (QED) is 0.497. The van der Waals surface area contributed by atoms with Gasteiger partial charge in [-0.1, -0.05) is 18.2 Å². The minimum atomic E-state index is -0.581. The normalized spacial score (nSPS) is 10.0. The number of hydrogen-bond donors (Lipinski definition) is 2. The van der Waals surface area contributed by atoms with Gasteiger partial charge in [0, 0.05) is 23.3 Å². The standard InChI is InChI=1S/C15H13N3O4/c16-9-14(19)12-6-1-2-7-13(12)17-15(20)10-4-3-5-11(8-10)18(21)22/h1-8H,9,16H2,(H,17,20). The van der Waals surface area contributed by atoms with Gasteiger partial charge in [0.25, 0.3) is 11.6 Å². The Hall–Kier alpha value is -3.06. The minimum absolute atomic E-state index is 0.129. The highest BCUT2D eigenvalue weighted by molar-refractivity contribution is 6.10. The van der Waals surface area contributed by atoms with Gasteiger partial charge >= 0.3 is 0 Å². The topological polar surface area (TPSA) is 115 Å². The van der Waals surface area contributed by atoms with Crippen LogP contribution in [0.25, 0.3) is 0 Å². The Balaban J connectivity index is 2.28. The van der Waals surface area contributed by atoms with Crippen molar-refractivity contribution < 1.29 is 14.5 Å². The Morgan fingerprint density at radius 3 is 2.55 bits per heavy atom. The monoisotopic (exact) mass is 299 g/mol. The molecule has 0 heterocycles. The number of rotatable bonds is 5. The second-order valence-corrected chi connectivity index (χ2v) is 4.43. The van der Waals surface area contributed by atoms with Crippen molar-refractivity contribution in [2.45, 2.75) is 0 Å². The van der Waals surface area contributed by atoms with Gasteiger partial charge in [0.15, 0.2) is 5.78 Å². The smallest absolute Gasteiger partial charge is 0.270 e. The summed E-state index contributed by atoms with van der Waals surface area (Å²) in [6.07, 6.45) is 0. The maximum absolute atomic E-state index is 12.2. The molecule has 0 atom stereocenters. The Bertz CT molecular complexity index is 743. The minimum Gasteiger partial charge on any atom is -0.324 e. The average Bonchev–Trinajstić information content (AvgIpc) is 2.54. The molecule has 0 bridgehead atoms. The van der Waals surface area contributed by atoms with Crippen LogP contribution in [-0.2, 0) is 0 Å². The van der Waals surface area contributed by atoms with Gasteiger partial charge in [0.1, 0.15) is 0 Å². The highest BCUT2D eigenvalue weighted by Crippen LogP contribution is 2.18. The molecule has 0 spiro atoms. The second kappa shape index (κ2) is 6.59. The number of carbonyl (C=O) groups excluding carboxylic acids is 2. The van der Waals surface area contributed by atoms with Crippen molar-refractivity contribution in [3.8, 4) is 0 Å². The molecule has 0 saturated heterocycles. The lowest BCUT2D eigenvalue weighted by Gasteiger charge is -2.09. The van der Waals surface area contributed by atoms with Crippen molar-refractivity contribution >= 4 is 23.1 Å². The molecule has 2 rings (SSSR count). The first-order valence-corrected chi connectivity index (χ1v) is 6.41. The van der Waals surface area contributed by atoms with Crippen LogP contribution in [0.2, 0.25) is 0 Å². The maximum atomic E-state index is 12.2. The molecule has 0 unspecified atom stereocenters. The summed E-state index contributed by atoms with van der Waals surface area (Å²) in [5.74, 6) is -0.851. The number of nitro groups is 1. The highest BCUT2D eigenvalue weighted by atomic mass is 16.6. The fourth-order valence-electron chi connectivity index (χ4n) is 1.90. The number of Topliss-reactive ketones (excluding diaryl/α,β-unsaturated/α-hetero) is 1. The van der Waals surface area contributed by atoms with Crippen LogP contribution >= 0.6 is 0 Å². The number of anilines is 1. The first-order valence-electron chi connectivity index (χ1n) is 6.41. The summed E-state index contributed by atoms with van der Waals surface area (Å²) in [6, 6.07) is 11.8. The zero-order valence-electron chi connectivity index (χ0n) is 11.5. The van der Waals surface area contributed by atoms with E-state index in [2.05, 4.69) is 5.32 Å². The molecule has 2 aromatic rings. The largest absolute Gasteiger partial charge is 0.324 e. The van der Waals surface area contributed by atoms with E-state index in [1.165, 1.54) is 24.3 Å². The molecule has 7 heteroatoms. The van der Waals surface area contributed by atoms with E-state index in [0.29, 0.717) is 11.3 Å². The molecule has 3 N–H and O–H groups in total. The van der Waals surface area contributed by atoms with Crippen molar-refractivity contribution in [1.82, 2.24) is 0 Å². The number of carbonyl (C=O) groups is 2. The summed E-state index contributed by atoms with van der Waals surface area (Å²) in [5.41, 5.74) is 5.89. The zero-order valence-corrected chi connectivity index (χ0v) is 11.5. The number of nitrogens with one attached hydrogen (secondary N) is 1. The van der Waals surface area contributed by atoms with Crippen molar-refractivity contribution in [2.24, 2.45) is 5.73 Å². The summed E-state index contributed by atoms with van der Waals surface area (Å²) in [5, 5.41) is 13.3. The Morgan fingerprint density at radius 2 is 1.86 bits per heavy atom. The average molecular weight is 299 g/mol. The van der Waals surface area contributed by atoms with E-state index in [1.807, 2.05) is 0 Å². The molecule has 2 aromatic carbocycles. The molecule has 0 aliphatic rings. The van der Waals surface area contributed by atoms with E-state index in [0.717, 1.165) is 0 Å². The summed E-state index contributed by atoms with van der Waals surface area (Å²) < 4.78 is 0. The number of nitrogens with zero attached hydrogens (tertiary/aromatic N) is 1. The second-order valence-electron chi connectivity index (χ2n) is 4.43. The van der Waals surface area contributed by atoms with Crippen LogP contribution in [0.15, 0.2) is 48.5 Å². The number of non-ortho nitro benzene ring substituents is 1. The number of benzene rings is 2. The third-order valence-electron chi connectivity index (χ3n) is 2.98. The van der Waals surface area contributed by atoms with Crippen LogP contribution in [0.4, 0.5) is 11.4 Å². The Morgan fingerprint density at radius 1 is 1.14 bits per heavy atom. The molecule has 112 valence electrons. The van der Waals surface area contributed by atoms with Crippen LogP contribution in [0.5, 0.6) is 0 Å². The molecule has 1 amide bonds. The summed E-state index contributed by atoms with van der Waals surface area (Å²) in [7, 11) is 0. The maximum Gasteiger partial charge on any atom is 0.270 e. The van der Waals surface area contributed by atoms with Crippen molar-refractivity contribution in [1.29, 1.82) is 0 Å². The molecule has 0 aliphatic carbocycles. The van der Waals surface area contributed by atoms with Gasteiger partial charge < -0.3 is 11.1 Å². The molecule has 0 aliphatic heterocycles. The molecular formula is C15H13N3O4. The molecule has 22 heavy (non-hydrogen) atoms. The molecule has 0 saturated carbocycles. The van der Waals surface area contributed by atoms with E-state index >= 15 is 0 Å². The number of amides is 1. The van der Waals surface area contributed by atoms with Crippen LogP contribution in [0.1, 0.15) is 20.7 Å². The number of nitro benzene ring substituents is 1. The van der Waals surface area contributed by atoms with Gasteiger partial charge in [-0.3, -0.25) is 19.7 Å². The van der Waals surface area contributed by atoms with Crippen LogP contribution in [-0.4, -0.2) is 23.2 Å². The van der Waals surface area contributed by atoms with E-state index in [9.17, 15) is 19.7 Å².